The molecule has 176 valence electrons. The van der Waals surface area contributed by atoms with E-state index in [-0.39, 0.29) is 18.9 Å². The first-order valence-electron chi connectivity index (χ1n) is 10.9. The van der Waals surface area contributed by atoms with Crippen molar-refractivity contribution in [3.63, 3.8) is 0 Å². The first kappa shape index (κ1) is 23.6. The zero-order valence-electron chi connectivity index (χ0n) is 18.9. The average molecular weight is 481 g/mol. The molecule has 1 fully saturated rings. The van der Waals surface area contributed by atoms with Gasteiger partial charge in [-0.1, -0.05) is 35.9 Å². The summed E-state index contributed by atoms with van der Waals surface area (Å²) in [7, 11) is 3.16. The number of rotatable bonds is 7. The molecule has 0 radical (unpaired) electrons. The van der Waals surface area contributed by atoms with Crippen molar-refractivity contribution in [3.05, 3.63) is 83.1 Å². The number of esters is 1. The number of methoxy groups -OCH3 is 2. The molecule has 2 unspecified atom stereocenters. The second-order valence-corrected chi connectivity index (χ2v) is 8.28. The van der Waals surface area contributed by atoms with Crippen molar-refractivity contribution in [2.75, 3.05) is 19.1 Å². The molecule has 1 saturated heterocycles. The molecule has 2 heterocycles. The monoisotopic (exact) mass is 480 g/mol. The van der Waals surface area contributed by atoms with E-state index in [1.807, 2.05) is 36.4 Å². The van der Waals surface area contributed by atoms with E-state index < -0.39 is 17.9 Å². The van der Waals surface area contributed by atoms with Gasteiger partial charge in [-0.2, -0.15) is 0 Å². The van der Waals surface area contributed by atoms with Crippen LogP contribution in [0.15, 0.2) is 66.9 Å². The summed E-state index contributed by atoms with van der Waals surface area (Å²) in [5.41, 5.74) is 2.13. The van der Waals surface area contributed by atoms with E-state index in [0.717, 1.165) is 11.1 Å². The number of amides is 1. The number of halogens is 1. The predicted molar refractivity (Wildman–Crippen MR) is 128 cm³/mol. The minimum absolute atomic E-state index is 0.0641. The first-order chi connectivity index (χ1) is 16.5. The van der Waals surface area contributed by atoms with Gasteiger partial charge in [-0.3, -0.25) is 9.59 Å². The van der Waals surface area contributed by atoms with E-state index >= 15 is 0 Å². The van der Waals surface area contributed by atoms with Crippen LogP contribution < -0.4 is 14.4 Å². The Morgan fingerprint density at radius 3 is 2.50 bits per heavy atom. The van der Waals surface area contributed by atoms with E-state index in [2.05, 4.69) is 4.98 Å². The number of para-hydroxylation sites is 1. The van der Waals surface area contributed by atoms with Gasteiger partial charge in [0.15, 0.2) is 0 Å². The van der Waals surface area contributed by atoms with Crippen LogP contribution in [0.3, 0.4) is 0 Å². The Labute approximate surface area is 203 Å². The third kappa shape index (κ3) is 4.99. The van der Waals surface area contributed by atoms with Crippen LogP contribution in [0.5, 0.6) is 11.5 Å². The normalized spacial score (nSPS) is 17.9. The van der Waals surface area contributed by atoms with Crippen LogP contribution in [0, 0.1) is 5.92 Å². The summed E-state index contributed by atoms with van der Waals surface area (Å²) < 4.78 is 16.5. The largest absolute Gasteiger partial charge is 0.497 e. The number of hydrogen-bond donors (Lipinski definition) is 0. The lowest BCUT2D eigenvalue weighted by Gasteiger charge is -2.40. The highest BCUT2D eigenvalue weighted by Gasteiger charge is 2.43. The van der Waals surface area contributed by atoms with Gasteiger partial charge in [0.2, 0.25) is 5.91 Å². The molecule has 0 aliphatic carbocycles. The topological polar surface area (TPSA) is 78.0 Å². The first-order valence-corrected chi connectivity index (χ1v) is 11.3. The molecule has 0 bridgehead atoms. The third-order valence-corrected chi connectivity index (χ3v) is 6.10. The molecule has 1 amide bonds. The van der Waals surface area contributed by atoms with Crippen LogP contribution in [-0.2, 0) is 20.9 Å². The Hall–Kier alpha value is -3.58. The van der Waals surface area contributed by atoms with E-state index in [0.29, 0.717) is 28.8 Å². The van der Waals surface area contributed by atoms with Gasteiger partial charge in [0.25, 0.3) is 0 Å². The minimum atomic E-state index is -0.596. The van der Waals surface area contributed by atoms with E-state index in [1.165, 1.54) is 0 Å². The van der Waals surface area contributed by atoms with Gasteiger partial charge < -0.3 is 19.1 Å². The van der Waals surface area contributed by atoms with E-state index in [4.69, 9.17) is 25.8 Å². The second kappa shape index (κ2) is 10.6. The number of hydrogen-bond acceptors (Lipinski definition) is 6. The Kier molecular flexibility index (Phi) is 7.33. The molecule has 1 aromatic heterocycles. The Morgan fingerprint density at radius 1 is 1.06 bits per heavy atom. The molecule has 7 nitrogen and oxygen atoms in total. The van der Waals surface area contributed by atoms with E-state index in [1.54, 1.807) is 49.6 Å². The molecule has 34 heavy (non-hydrogen) atoms. The molecular formula is C26H25ClN2O5. The Morgan fingerprint density at radius 2 is 1.82 bits per heavy atom. The summed E-state index contributed by atoms with van der Waals surface area (Å²) >= 11 is 5.84. The zero-order chi connectivity index (χ0) is 24.1. The number of ether oxygens (including phenoxy) is 3. The quantitative estimate of drug-likeness (QED) is 0.350. The zero-order valence-corrected chi connectivity index (χ0v) is 19.7. The van der Waals surface area contributed by atoms with Crippen molar-refractivity contribution in [1.82, 2.24) is 4.98 Å². The molecule has 1 aliphatic rings. The molecular weight excluding hydrogens is 456 g/mol. The minimum Gasteiger partial charge on any atom is -0.497 e. The smallest absolute Gasteiger partial charge is 0.311 e. The van der Waals surface area contributed by atoms with Crippen molar-refractivity contribution >= 4 is 29.2 Å². The van der Waals surface area contributed by atoms with Crippen LogP contribution >= 0.6 is 11.6 Å². The number of carbonyl (C=O) groups is 2. The highest BCUT2D eigenvalue weighted by atomic mass is 35.5. The average Bonchev–Trinajstić information content (AvgIpc) is 2.88. The molecule has 8 heteroatoms. The number of anilines is 1. The van der Waals surface area contributed by atoms with Crippen molar-refractivity contribution in [2.45, 2.75) is 25.5 Å². The predicted octanol–water partition coefficient (Wildman–Crippen LogP) is 4.98. The van der Waals surface area contributed by atoms with Gasteiger partial charge in [0.1, 0.15) is 23.3 Å². The maximum absolute atomic E-state index is 13.3. The van der Waals surface area contributed by atoms with Crippen LogP contribution in [-0.4, -0.2) is 31.1 Å². The Balaban J connectivity index is 1.69. The summed E-state index contributed by atoms with van der Waals surface area (Å²) in [4.78, 5) is 32.2. The summed E-state index contributed by atoms with van der Waals surface area (Å²) in [6, 6.07) is 17.4. The molecule has 0 saturated carbocycles. The lowest BCUT2D eigenvalue weighted by Crippen LogP contribution is -2.46. The summed E-state index contributed by atoms with van der Waals surface area (Å²) in [5, 5.41) is 0.368. The molecule has 1 aliphatic heterocycles. The number of carbonyl (C=O) groups excluding carboxylic acids is 2. The van der Waals surface area contributed by atoms with Crippen molar-refractivity contribution < 1.29 is 23.8 Å². The lowest BCUT2D eigenvalue weighted by atomic mass is 9.83. The third-order valence-electron chi connectivity index (χ3n) is 5.88. The standard InChI is InChI=1S/C26H25ClN2O5/c1-32-19-10-8-18(9-11-19)29-24(30)14-12-21(25(29)20-5-3-4-6-22(20)33-2)26(31)34-16-17-7-13-23(27)28-15-17/h3-11,13,15,21,25H,12,14,16H2,1-2H3. The SMILES string of the molecule is COc1ccc(N2C(=O)CCC(C(=O)OCc3ccc(Cl)nc3)C2c2ccccc2OC)cc1. The van der Waals surface area contributed by atoms with Gasteiger partial charge >= 0.3 is 5.97 Å². The van der Waals surface area contributed by atoms with Gasteiger partial charge in [0.05, 0.1) is 26.2 Å². The van der Waals surface area contributed by atoms with Gasteiger partial charge in [-0.05, 0) is 42.8 Å². The van der Waals surface area contributed by atoms with Gasteiger partial charge in [-0.15, -0.1) is 0 Å². The number of benzene rings is 2. The van der Waals surface area contributed by atoms with Gasteiger partial charge in [0, 0.05) is 29.4 Å². The number of pyridine rings is 1. The summed E-state index contributed by atoms with van der Waals surface area (Å²) in [6.45, 7) is 0.0641. The maximum atomic E-state index is 13.3. The molecule has 0 spiro atoms. The van der Waals surface area contributed by atoms with E-state index in [9.17, 15) is 9.59 Å². The number of nitrogens with zero attached hydrogens (tertiary/aromatic N) is 2. The van der Waals surface area contributed by atoms with Crippen molar-refractivity contribution in [2.24, 2.45) is 5.92 Å². The molecule has 3 aromatic rings. The number of piperidine rings is 1. The highest BCUT2D eigenvalue weighted by molar-refractivity contribution is 6.29. The number of aromatic nitrogens is 1. The maximum Gasteiger partial charge on any atom is 0.311 e. The van der Waals surface area contributed by atoms with Crippen molar-refractivity contribution in [1.29, 1.82) is 0 Å². The molecule has 2 aromatic carbocycles. The highest BCUT2D eigenvalue weighted by Crippen LogP contribution is 2.43. The molecule has 2 atom stereocenters. The van der Waals surface area contributed by atoms with Gasteiger partial charge in [-0.25, -0.2) is 4.98 Å². The summed E-state index contributed by atoms with van der Waals surface area (Å²) in [6.07, 6.45) is 2.16. The Bertz CT molecular complexity index is 1150. The summed E-state index contributed by atoms with van der Waals surface area (Å²) in [5.74, 6) is 0.218. The fourth-order valence-corrected chi connectivity index (χ4v) is 4.32. The van der Waals surface area contributed by atoms with Crippen molar-refractivity contribution in [3.8, 4) is 11.5 Å². The van der Waals surface area contributed by atoms with Crippen LogP contribution in [0.25, 0.3) is 0 Å². The molecule has 4 rings (SSSR count). The molecule has 0 N–H and O–H groups in total. The fourth-order valence-electron chi connectivity index (χ4n) is 4.21. The van der Waals surface area contributed by atoms with Crippen LogP contribution in [0.1, 0.15) is 30.0 Å². The lowest BCUT2D eigenvalue weighted by molar-refractivity contribution is -0.152. The van der Waals surface area contributed by atoms with Crippen LogP contribution in [0.2, 0.25) is 5.15 Å². The second-order valence-electron chi connectivity index (χ2n) is 7.89. The fraction of sp³-hybridized carbons (Fsp3) is 0.269. The van der Waals surface area contributed by atoms with Crippen LogP contribution in [0.4, 0.5) is 5.69 Å².